The number of Topliss-reactive ketones (excluding diaryl/α,β-unsaturated/α-hetero) is 3. The number of carbonyl (C=O) groups excluding carboxylic acids is 3. The topological polar surface area (TPSA) is 230 Å². The van der Waals surface area contributed by atoms with Crippen LogP contribution in [0.3, 0.4) is 0 Å². The van der Waals surface area contributed by atoms with Gasteiger partial charge in [-0.3, -0.25) is 38.9 Å². The average Bonchev–Trinajstić information content (AvgIpc) is 0.675. The first-order valence-electron chi connectivity index (χ1n) is 45.4. The van der Waals surface area contributed by atoms with Crippen LogP contribution < -0.4 is 39.5 Å². The third kappa shape index (κ3) is 21.6. The third-order valence-corrected chi connectivity index (χ3v) is 24.2. The van der Waals surface area contributed by atoms with Crippen molar-refractivity contribution < 1.29 is 110 Å². The lowest BCUT2D eigenvalue weighted by atomic mass is 9.85. The lowest BCUT2D eigenvalue weighted by molar-refractivity contribution is -0.275. The number of hydrogen-bond donors (Lipinski definition) is 0. The summed E-state index contributed by atoms with van der Waals surface area (Å²) in [5.41, 5.74) is 8.79. The van der Waals surface area contributed by atoms with Gasteiger partial charge in [0.1, 0.15) is 53.7 Å². The van der Waals surface area contributed by atoms with Gasteiger partial charge in [0.25, 0.3) is 11.1 Å². The molecule has 9 aromatic carbocycles. The van der Waals surface area contributed by atoms with Gasteiger partial charge in [0.15, 0.2) is 17.3 Å². The molecular weight excluding hydrogens is 1850 g/mol. The number of pyridine rings is 6. The maximum Gasteiger partial charge on any atom is 0.573 e. The number of benzene rings is 9. The van der Waals surface area contributed by atoms with Gasteiger partial charge in [-0.25, -0.2) is 4.98 Å². The molecule has 20 nitrogen and oxygen atoms in total. The summed E-state index contributed by atoms with van der Waals surface area (Å²) >= 11 is 0. The molecule has 0 saturated carbocycles. The number of alkyl halides is 12. The number of fused-ring (bicyclic) bond motifs is 3. The maximum absolute atomic E-state index is 13.7. The zero-order valence-corrected chi connectivity index (χ0v) is 79.5. The summed E-state index contributed by atoms with van der Waals surface area (Å²) in [5, 5.41) is 4.40. The van der Waals surface area contributed by atoms with E-state index in [2.05, 4.69) is 9.47 Å². The lowest BCUT2D eigenvalue weighted by Gasteiger charge is -2.30. The summed E-state index contributed by atoms with van der Waals surface area (Å²) in [7, 11) is 0. The number of ether oxygens (including phenoxy) is 9. The highest BCUT2D eigenvalue weighted by Gasteiger charge is 2.41. The second-order valence-electron chi connectivity index (χ2n) is 38.0. The molecular formula is C109H98F12N6O14. The minimum Gasteiger partial charge on any atom is -0.493 e. The van der Waals surface area contributed by atoms with Gasteiger partial charge in [0.05, 0.1) is 93.9 Å². The van der Waals surface area contributed by atoms with Gasteiger partial charge in [-0.2, -0.15) is 26.3 Å². The van der Waals surface area contributed by atoms with Crippen LogP contribution in [-0.4, -0.2) is 95.8 Å². The number of nitrogens with zero attached hydrogens (tertiary/aromatic N) is 6. The zero-order chi connectivity index (χ0) is 101. The number of aromatic nitrogens is 6. The monoisotopic (exact) mass is 1940 g/mol. The van der Waals surface area contributed by atoms with Gasteiger partial charge >= 0.3 is 25.1 Å². The molecule has 0 amide bonds. The van der Waals surface area contributed by atoms with Gasteiger partial charge in [0, 0.05) is 111 Å². The second-order valence-corrected chi connectivity index (χ2v) is 38.0. The Hall–Kier alpha value is -14.1. The summed E-state index contributed by atoms with van der Waals surface area (Å²) in [5.74, 6) is 0.966. The van der Waals surface area contributed by atoms with Gasteiger partial charge in [-0.15, -0.1) is 26.3 Å². The van der Waals surface area contributed by atoms with Crippen LogP contribution in [0, 0.1) is 20.8 Å². The zero-order valence-electron chi connectivity index (χ0n) is 79.5. The summed E-state index contributed by atoms with van der Waals surface area (Å²) in [6.07, 6.45) is -15.4. The molecule has 9 heterocycles. The molecule has 6 aromatic heterocycles. The van der Waals surface area contributed by atoms with E-state index >= 15 is 0 Å². The molecule has 3 atom stereocenters. The van der Waals surface area contributed by atoms with Crippen LogP contribution in [0.2, 0.25) is 0 Å². The Morgan fingerprint density at radius 1 is 0.411 bits per heavy atom. The Bertz CT molecular complexity index is 7570. The number of para-hydroxylation sites is 1. The van der Waals surface area contributed by atoms with Crippen LogP contribution in [0.4, 0.5) is 52.7 Å². The van der Waals surface area contributed by atoms with E-state index in [0.29, 0.717) is 127 Å². The molecule has 0 unspecified atom stereocenters. The van der Waals surface area contributed by atoms with Crippen LogP contribution in [0.5, 0.6) is 34.6 Å². The average molecular weight is 1940 g/mol. The van der Waals surface area contributed by atoms with Crippen molar-refractivity contribution in [3.63, 3.8) is 0 Å². The minimum atomic E-state index is -5.06. The normalized spacial score (nSPS) is 14.0. The molecule has 0 radical (unpaired) electrons. The van der Waals surface area contributed by atoms with Crippen molar-refractivity contribution in [2.45, 2.75) is 203 Å². The smallest absolute Gasteiger partial charge is 0.493 e. The molecule has 141 heavy (non-hydrogen) atoms. The first-order valence-corrected chi connectivity index (χ1v) is 45.4. The summed E-state index contributed by atoms with van der Waals surface area (Å²) in [6.45, 7) is 27.5. The highest BCUT2D eigenvalue weighted by molar-refractivity contribution is 6.12. The van der Waals surface area contributed by atoms with Crippen LogP contribution >= 0.6 is 0 Å². The molecule has 18 rings (SSSR count). The van der Waals surface area contributed by atoms with Gasteiger partial charge < -0.3 is 51.8 Å². The Morgan fingerprint density at radius 2 is 0.801 bits per heavy atom. The van der Waals surface area contributed by atoms with Crippen molar-refractivity contribution in [2.24, 2.45) is 0 Å². The highest BCUT2D eigenvalue weighted by Crippen LogP contribution is 2.51. The number of hydrogen-bond acceptors (Lipinski definition) is 18. The quantitative estimate of drug-likeness (QED) is 0.0609. The van der Waals surface area contributed by atoms with Crippen molar-refractivity contribution >= 4 is 82.8 Å². The highest BCUT2D eigenvalue weighted by atomic mass is 19.4. The molecule has 0 bridgehead atoms. The number of halogens is 12. The first kappa shape index (κ1) is 99.9. The molecule has 0 saturated heterocycles. The SMILES string of the molecule is CC(=O)[C@@H](OC(C)(C)C)c1c(C)cc2c(ccc(=O)n2Cc2cc(C(F)(F)F)cc(C(F)(F)F)c2)c1-c1ccc2c3c(ccnc13)CCO2.CC(=O)[C@@H](OC(C)(C)C)c1c(C)cc2c(ccc(=O)n2Cc2cccc(OC(F)(F)F)c2)c1-c1ccc2c3c(ccnc13)CCO2.CC(=O)[C@@H](OC(C)(C)C)c1c(C)cc2nc(OCc3ccccc3OC(F)(F)F)ccc2c1-c1ccc2c3c(ccnc13)CCO2. The van der Waals surface area contributed by atoms with Gasteiger partial charge in [-0.05, 0) is 309 Å². The lowest BCUT2D eigenvalue weighted by Crippen LogP contribution is -2.28. The van der Waals surface area contributed by atoms with Crippen molar-refractivity contribution in [3.05, 3.63) is 293 Å². The molecule has 0 N–H and O–H groups in total. The van der Waals surface area contributed by atoms with E-state index in [-0.39, 0.29) is 76.1 Å². The van der Waals surface area contributed by atoms with E-state index in [4.69, 9.17) is 53.1 Å². The fraction of sp³-hybridized carbons (Fsp3) is 0.312. The molecule has 0 aliphatic carbocycles. The predicted molar refractivity (Wildman–Crippen MR) is 510 cm³/mol. The van der Waals surface area contributed by atoms with E-state index in [0.717, 1.165) is 94.9 Å². The maximum atomic E-state index is 13.7. The minimum absolute atomic E-state index is 0.0198. The molecule has 3 aliphatic rings. The third-order valence-electron chi connectivity index (χ3n) is 24.2. The van der Waals surface area contributed by atoms with Gasteiger partial charge in [0.2, 0.25) is 5.88 Å². The fourth-order valence-electron chi connectivity index (χ4n) is 18.6. The Kier molecular flexibility index (Phi) is 27.3. The molecule has 732 valence electrons. The Labute approximate surface area is 801 Å². The van der Waals surface area contributed by atoms with Crippen molar-refractivity contribution in [2.75, 3.05) is 19.8 Å². The number of ketones is 3. The molecule has 15 aromatic rings. The predicted octanol–water partition coefficient (Wildman–Crippen LogP) is 25.5. The number of rotatable bonds is 21. The Balaban J connectivity index is 0.000000152. The fourth-order valence-corrected chi connectivity index (χ4v) is 18.6. The largest absolute Gasteiger partial charge is 0.573 e. The van der Waals surface area contributed by atoms with Crippen LogP contribution in [0.15, 0.2) is 204 Å². The van der Waals surface area contributed by atoms with Crippen LogP contribution in [0.1, 0.15) is 179 Å². The van der Waals surface area contributed by atoms with E-state index < -0.39 is 83.4 Å². The molecule has 0 spiro atoms. The Morgan fingerprint density at radius 3 is 1.20 bits per heavy atom. The first-order chi connectivity index (χ1) is 66.3. The molecule has 3 aliphatic heterocycles. The number of aryl methyl sites for hydroxylation is 3. The van der Waals surface area contributed by atoms with Gasteiger partial charge in [-0.1, -0.05) is 30.3 Å². The van der Waals surface area contributed by atoms with E-state index in [9.17, 15) is 76.7 Å². The number of carbonyl (C=O) groups is 3. The van der Waals surface area contributed by atoms with Crippen LogP contribution in [0.25, 0.3) is 98.8 Å². The van der Waals surface area contributed by atoms with Crippen molar-refractivity contribution in [1.29, 1.82) is 0 Å². The summed E-state index contributed by atoms with van der Waals surface area (Å²) in [4.78, 5) is 85.7. The van der Waals surface area contributed by atoms with E-state index in [1.165, 1.54) is 73.9 Å². The summed E-state index contributed by atoms with van der Waals surface area (Å²) in [6, 6.07) is 44.5. The summed E-state index contributed by atoms with van der Waals surface area (Å²) < 4.78 is 214. The van der Waals surface area contributed by atoms with Crippen molar-refractivity contribution in [1.82, 2.24) is 29.1 Å². The van der Waals surface area contributed by atoms with E-state index in [1.54, 1.807) is 74.0 Å². The van der Waals surface area contributed by atoms with Crippen LogP contribution in [-0.2, 0) is 79.9 Å². The van der Waals surface area contributed by atoms with Crippen molar-refractivity contribution in [3.8, 4) is 68.0 Å². The molecule has 0 fully saturated rings. The second kappa shape index (κ2) is 38.5. The molecule has 32 heteroatoms. The van der Waals surface area contributed by atoms with E-state index in [1.807, 2.05) is 137 Å². The standard InChI is InChI=1S/C37H32F6N2O4.2C36H33F3N2O5/c1-19-14-27-25(7-9-29(47)45(27)18-21-15-23(36(38,39)40)17-24(16-21)37(41,42)43)32(30(19)34(20(2)46)49-35(3,4)5)26-6-8-28-31-22(11-13-48-28)10-12-44-33(26)31;1-20-17-27-25(10-12-29(43)41(27)19-22-7-6-8-24(18-22)45-36(37,38)39)32(30(20)34(21(2)42)46-35(3,4)5)26-9-11-28-31-23(14-16-44-28)13-15-40-33(26)31;1-20-18-26-24(11-13-29(41-26)44-19-23-8-6-7-9-27(23)45-36(37,38)39)32(30(20)34(21(2)42)46-35(3,4)5)25-10-12-28-31-22(15-17-43-28)14-16-40-33(25)31/h6-10,12,14-17,34H,11,13,18H2,1-5H3;6-13,15,17-18,34H,14,16,19H2,1-5H3;6-14,16,18,34H,15,17,19H2,1-5H3/t3*34-/m111/s1.